The first-order valence-electron chi connectivity index (χ1n) is 11.8. The van der Waals surface area contributed by atoms with Gasteiger partial charge in [-0.25, -0.2) is 4.98 Å². The normalized spacial score (nSPS) is 20.6. The summed E-state index contributed by atoms with van der Waals surface area (Å²) in [5.41, 5.74) is 1.31. The van der Waals surface area contributed by atoms with Crippen molar-refractivity contribution < 1.29 is 14.4 Å². The lowest BCUT2D eigenvalue weighted by molar-refractivity contribution is -0.118. The number of amides is 3. The number of hydrogen-bond donors (Lipinski definition) is 3. The number of carbonyl (C=O) groups excluding carboxylic acids is 3. The second-order valence-electron chi connectivity index (χ2n) is 8.85. The fraction of sp³-hybridized carbons (Fsp3) is 0.360. The number of pyridine rings is 1. The number of anilines is 1. The summed E-state index contributed by atoms with van der Waals surface area (Å²) >= 11 is 7.28. The first-order chi connectivity index (χ1) is 17.0. The van der Waals surface area contributed by atoms with Gasteiger partial charge >= 0.3 is 0 Å². The smallest absolute Gasteiger partial charge is 0.261 e. The van der Waals surface area contributed by atoms with E-state index >= 15 is 0 Å². The summed E-state index contributed by atoms with van der Waals surface area (Å²) in [6, 6.07) is 12.2. The Morgan fingerprint density at radius 3 is 2.46 bits per heavy atom. The largest absolute Gasteiger partial charge is 0.347 e. The highest BCUT2D eigenvalue weighted by Crippen LogP contribution is 2.26. The van der Waals surface area contributed by atoms with Gasteiger partial charge in [-0.3, -0.25) is 14.4 Å². The van der Waals surface area contributed by atoms with Gasteiger partial charge in [0, 0.05) is 41.8 Å². The molecule has 35 heavy (non-hydrogen) atoms. The van der Waals surface area contributed by atoms with E-state index in [1.807, 2.05) is 12.1 Å². The third kappa shape index (κ3) is 5.32. The van der Waals surface area contributed by atoms with Crippen LogP contribution >= 0.6 is 22.9 Å². The molecule has 3 heterocycles. The molecule has 3 N–H and O–H groups in total. The van der Waals surface area contributed by atoms with E-state index in [9.17, 15) is 14.4 Å². The van der Waals surface area contributed by atoms with Gasteiger partial charge in [-0.2, -0.15) is 0 Å². The minimum absolute atomic E-state index is 0.0201. The maximum absolute atomic E-state index is 13.0. The average molecular weight is 512 g/mol. The second-order valence-corrected chi connectivity index (χ2v) is 10.3. The maximum Gasteiger partial charge on any atom is 0.261 e. The zero-order chi connectivity index (χ0) is 24.4. The van der Waals surface area contributed by atoms with Crippen LogP contribution in [0.25, 0.3) is 10.2 Å². The highest BCUT2D eigenvalue weighted by Gasteiger charge is 2.29. The van der Waals surface area contributed by atoms with Crippen molar-refractivity contribution in [3.63, 3.8) is 0 Å². The fourth-order valence-corrected chi connectivity index (χ4v) is 5.78. The monoisotopic (exact) mass is 511 g/mol. The van der Waals surface area contributed by atoms with E-state index in [-0.39, 0.29) is 29.8 Å². The molecule has 0 radical (unpaired) electrons. The standard InChI is InChI=1S/C25H26ClN5O3S/c26-21-10-7-16-13-20(35-25(16)30-21)24(34)29-19-4-2-1-3-18(19)28-23(33)15-5-8-17(9-6-15)31-12-11-27-14-22(31)32/h5-10,13,18-19,27H,1-4,11-12,14H2,(H,28,33)(H,29,34). The first-order valence-corrected chi connectivity index (χ1v) is 13.0. The number of aromatic nitrogens is 1. The zero-order valence-electron chi connectivity index (χ0n) is 19.1. The highest BCUT2D eigenvalue weighted by atomic mass is 35.5. The number of benzene rings is 1. The molecule has 3 aromatic rings. The highest BCUT2D eigenvalue weighted by molar-refractivity contribution is 7.20. The van der Waals surface area contributed by atoms with Gasteiger partial charge in [-0.1, -0.05) is 24.4 Å². The van der Waals surface area contributed by atoms with Gasteiger partial charge in [-0.15, -0.1) is 11.3 Å². The van der Waals surface area contributed by atoms with Gasteiger partial charge in [0.25, 0.3) is 11.8 Å². The maximum atomic E-state index is 13.0. The number of carbonyl (C=O) groups is 3. The first kappa shape index (κ1) is 23.7. The van der Waals surface area contributed by atoms with E-state index in [4.69, 9.17) is 11.6 Å². The molecule has 3 amide bonds. The van der Waals surface area contributed by atoms with Crippen molar-refractivity contribution in [3.05, 3.63) is 58.1 Å². The van der Waals surface area contributed by atoms with Crippen molar-refractivity contribution in [3.8, 4) is 0 Å². The molecule has 1 aromatic carbocycles. The molecule has 1 saturated carbocycles. The predicted octanol–water partition coefficient (Wildman–Crippen LogP) is 3.36. The van der Waals surface area contributed by atoms with E-state index in [0.717, 1.165) is 48.1 Å². The minimum atomic E-state index is -0.185. The molecule has 182 valence electrons. The molecule has 2 fully saturated rings. The van der Waals surface area contributed by atoms with Gasteiger partial charge in [0.1, 0.15) is 9.98 Å². The molecular formula is C25H26ClN5O3S. The summed E-state index contributed by atoms with van der Waals surface area (Å²) in [5, 5.41) is 10.6. The Kier molecular flexibility index (Phi) is 6.99. The van der Waals surface area contributed by atoms with E-state index in [0.29, 0.717) is 28.7 Å². The number of nitrogens with one attached hydrogen (secondary N) is 3. The lowest BCUT2D eigenvalue weighted by atomic mass is 9.90. The van der Waals surface area contributed by atoms with Crippen LogP contribution in [0.2, 0.25) is 5.15 Å². The van der Waals surface area contributed by atoms with E-state index in [1.54, 1.807) is 35.2 Å². The van der Waals surface area contributed by atoms with Crippen molar-refractivity contribution >= 4 is 56.6 Å². The molecule has 1 aliphatic carbocycles. The van der Waals surface area contributed by atoms with Crippen molar-refractivity contribution in [1.29, 1.82) is 0 Å². The number of rotatable bonds is 5. The van der Waals surface area contributed by atoms with Crippen LogP contribution in [-0.4, -0.2) is 54.4 Å². The number of hydrogen-bond acceptors (Lipinski definition) is 6. The Hall–Kier alpha value is -3.01. The summed E-state index contributed by atoms with van der Waals surface area (Å²) < 4.78 is 0. The molecule has 1 aliphatic heterocycles. The van der Waals surface area contributed by atoms with Gasteiger partial charge in [0.05, 0.1) is 11.4 Å². The lowest BCUT2D eigenvalue weighted by Gasteiger charge is -2.32. The topological polar surface area (TPSA) is 103 Å². The van der Waals surface area contributed by atoms with Crippen LogP contribution in [0.15, 0.2) is 42.5 Å². The summed E-state index contributed by atoms with van der Waals surface area (Å²) in [5.74, 6) is -0.331. The number of piperazine rings is 1. The molecule has 0 spiro atoms. The Bertz CT molecular complexity index is 1260. The van der Waals surface area contributed by atoms with Crippen LogP contribution in [0.4, 0.5) is 5.69 Å². The summed E-state index contributed by atoms with van der Waals surface area (Å²) in [4.78, 5) is 45.4. The molecule has 2 atom stereocenters. The summed E-state index contributed by atoms with van der Waals surface area (Å²) in [7, 11) is 0. The Balaban J connectivity index is 1.24. The van der Waals surface area contributed by atoms with Crippen molar-refractivity contribution in [1.82, 2.24) is 20.9 Å². The van der Waals surface area contributed by atoms with Crippen molar-refractivity contribution in [2.24, 2.45) is 0 Å². The Morgan fingerprint density at radius 1 is 1.03 bits per heavy atom. The van der Waals surface area contributed by atoms with Crippen LogP contribution in [0.5, 0.6) is 0 Å². The van der Waals surface area contributed by atoms with Gasteiger partial charge in [0.15, 0.2) is 0 Å². The Morgan fingerprint density at radius 2 is 1.74 bits per heavy atom. The number of thiophene rings is 1. The van der Waals surface area contributed by atoms with Gasteiger partial charge < -0.3 is 20.9 Å². The van der Waals surface area contributed by atoms with Crippen molar-refractivity contribution in [2.45, 2.75) is 37.8 Å². The molecule has 10 heteroatoms. The molecule has 0 bridgehead atoms. The summed E-state index contributed by atoms with van der Waals surface area (Å²) in [6.07, 6.45) is 3.59. The van der Waals surface area contributed by atoms with E-state index in [2.05, 4.69) is 20.9 Å². The van der Waals surface area contributed by atoms with Gasteiger partial charge in [-0.05, 0) is 55.3 Å². The van der Waals surface area contributed by atoms with E-state index < -0.39 is 0 Å². The number of halogens is 1. The van der Waals surface area contributed by atoms with Crippen LogP contribution in [-0.2, 0) is 4.79 Å². The van der Waals surface area contributed by atoms with Crippen molar-refractivity contribution in [2.75, 3.05) is 24.5 Å². The number of fused-ring (bicyclic) bond motifs is 1. The minimum Gasteiger partial charge on any atom is -0.347 e. The predicted molar refractivity (Wildman–Crippen MR) is 137 cm³/mol. The van der Waals surface area contributed by atoms with Crippen LogP contribution < -0.4 is 20.9 Å². The fourth-order valence-electron chi connectivity index (χ4n) is 4.65. The van der Waals surface area contributed by atoms with Crippen LogP contribution in [0.1, 0.15) is 45.7 Å². The molecule has 5 rings (SSSR count). The van der Waals surface area contributed by atoms with E-state index in [1.165, 1.54) is 11.3 Å². The van der Waals surface area contributed by atoms with Crippen LogP contribution in [0.3, 0.4) is 0 Å². The molecular weight excluding hydrogens is 486 g/mol. The second kappa shape index (κ2) is 10.3. The molecule has 8 nitrogen and oxygen atoms in total. The zero-order valence-corrected chi connectivity index (χ0v) is 20.6. The Labute approximate surface area is 212 Å². The lowest BCUT2D eigenvalue weighted by Crippen LogP contribution is -2.53. The molecule has 1 saturated heterocycles. The third-order valence-electron chi connectivity index (χ3n) is 6.50. The van der Waals surface area contributed by atoms with Gasteiger partial charge in [0.2, 0.25) is 5.91 Å². The third-order valence-corrected chi connectivity index (χ3v) is 7.76. The SMILES string of the molecule is O=C(NC1CCCCC1NC(=O)c1cc2ccc(Cl)nc2s1)c1ccc(N2CCNCC2=O)cc1. The van der Waals surface area contributed by atoms with Crippen LogP contribution in [0, 0.1) is 0 Å². The quantitative estimate of drug-likeness (QED) is 0.456. The molecule has 2 unspecified atom stereocenters. The molecule has 2 aromatic heterocycles. The summed E-state index contributed by atoms with van der Waals surface area (Å²) in [6.45, 7) is 1.67. The average Bonchev–Trinajstić information content (AvgIpc) is 3.29. The molecule has 2 aliphatic rings. The number of nitrogens with zero attached hydrogens (tertiary/aromatic N) is 2.